The number of nitrogens with two attached hydrogens (primary N) is 1. The highest BCUT2D eigenvalue weighted by molar-refractivity contribution is 5.76. The second kappa shape index (κ2) is 9.81. The Morgan fingerprint density at radius 3 is 2.64 bits per heavy atom. The second-order valence-corrected chi connectivity index (χ2v) is 6.30. The number of rotatable bonds is 9. The van der Waals surface area contributed by atoms with Gasteiger partial charge in [0.1, 0.15) is 12.4 Å². The first-order valence-electron chi connectivity index (χ1n) is 8.48. The van der Waals surface area contributed by atoms with Crippen molar-refractivity contribution in [3.8, 4) is 5.75 Å². The standard InChI is InChI=1S/C20H27N3O2/c1-23(2)11-12-25-18-10-6-7-16(13-18)15-22-20(24)14-19(21)17-8-4-3-5-9-17/h3-10,13,19H,11-12,14-15,21H2,1-2H3,(H,22,24). The van der Waals surface area contributed by atoms with E-state index in [1.54, 1.807) is 0 Å². The minimum atomic E-state index is -0.290. The van der Waals surface area contributed by atoms with Gasteiger partial charge in [-0.15, -0.1) is 0 Å². The number of nitrogens with zero attached hydrogens (tertiary/aromatic N) is 1. The molecule has 1 amide bonds. The number of hydrogen-bond donors (Lipinski definition) is 2. The minimum absolute atomic E-state index is 0.0599. The van der Waals surface area contributed by atoms with Crippen LogP contribution in [0.2, 0.25) is 0 Å². The lowest BCUT2D eigenvalue weighted by Crippen LogP contribution is -2.27. The summed E-state index contributed by atoms with van der Waals surface area (Å²) in [4.78, 5) is 14.2. The van der Waals surface area contributed by atoms with Gasteiger partial charge in [-0.2, -0.15) is 0 Å². The fourth-order valence-electron chi connectivity index (χ4n) is 2.38. The number of nitrogens with one attached hydrogen (secondary N) is 1. The maximum atomic E-state index is 12.1. The summed E-state index contributed by atoms with van der Waals surface area (Å²) in [6, 6.07) is 17.1. The van der Waals surface area contributed by atoms with Gasteiger partial charge in [0, 0.05) is 25.6 Å². The highest BCUT2D eigenvalue weighted by atomic mass is 16.5. The molecule has 0 fully saturated rings. The molecule has 5 heteroatoms. The molecular formula is C20H27N3O2. The largest absolute Gasteiger partial charge is 0.492 e. The number of carbonyl (C=O) groups is 1. The molecule has 1 atom stereocenters. The topological polar surface area (TPSA) is 67.6 Å². The third-order valence-electron chi connectivity index (χ3n) is 3.83. The first kappa shape index (κ1) is 19.0. The average Bonchev–Trinajstić information content (AvgIpc) is 2.61. The van der Waals surface area contributed by atoms with Crippen LogP contribution < -0.4 is 15.8 Å². The molecule has 5 nitrogen and oxygen atoms in total. The number of ether oxygens (including phenoxy) is 1. The van der Waals surface area contributed by atoms with Gasteiger partial charge in [0.15, 0.2) is 0 Å². The van der Waals surface area contributed by atoms with Gasteiger partial charge in [-0.25, -0.2) is 0 Å². The van der Waals surface area contributed by atoms with E-state index in [2.05, 4.69) is 10.2 Å². The van der Waals surface area contributed by atoms with Gasteiger partial charge >= 0.3 is 0 Å². The maximum Gasteiger partial charge on any atom is 0.222 e. The Morgan fingerprint density at radius 2 is 1.92 bits per heavy atom. The monoisotopic (exact) mass is 341 g/mol. The van der Waals surface area contributed by atoms with Crippen molar-refractivity contribution in [3.63, 3.8) is 0 Å². The van der Waals surface area contributed by atoms with E-state index < -0.39 is 0 Å². The predicted octanol–water partition coefficient (Wildman–Crippen LogP) is 2.33. The summed E-state index contributed by atoms with van der Waals surface area (Å²) >= 11 is 0. The van der Waals surface area contributed by atoms with Crippen LogP contribution in [0.4, 0.5) is 0 Å². The average molecular weight is 341 g/mol. The van der Waals surface area contributed by atoms with Crippen molar-refractivity contribution in [3.05, 3.63) is 65.7 Å². The van der Waals surface area contributed by atoms with Crippen molar-refractivity contribution in [1.82, 2.24) is 10.2 Å². The quantitative estimate of drug-likeness (QED) is 0.735. The molecule has 0 aromatic heterocycles. The van der Waals surface area contributed by atoms with E-state index in [-0.39, 0.29) is 18.4 Å². The van der Waals surface area contributed by atoms with Gasteiger partial charge in [0.25, 0.3) is 0 Å². The summed E-state index contributed by atoms with van der Waals surface area (Å²) in [5.41, 5.74) is 8.05. The number of hydrogen-bond acceptors (Lipinski definition) is 4. The summed E-state index contributed by atoms with van der Waals surface area (Å²) in [5, 5.41) is 2.92. The summed E-state index contributed by atoms with van der Waals surface area (Å²) in [5.74, 6) is 0.755. The molecule has 0 saturated heterocycles. The Hall–Kier alpha value is -2.37. The van der Waals surface area contributed by atoms with Gasteiger partial charge in [-0.1, -0.05) is 42.5 Å². The highest BCUT2D eigenvalue weighted by Gasteiger charge is 2.11. The summed E-state index contributed by atoms with van der Waals surface area (Å²) in [7, 11) is 4.02. The minimum Gasteiger partial charge on any atom is -0.492 e. The molecule has 25 heavy (non-hydrogen) atoms. The van der Waals surface area contributed by atoms with Gasteiger partial charge in [-0.05, 0) is 37.4 Å². The van der Waals surface area contributed by atoms with Gasteiger partial charge in [-0.3, -0.25) is 4.79 Å². The van der Waals surface area contributed by atoms with Crippen molar-refractivity contribution in [2.24, 2.45) is 5.73 Å². The lowest BCUT2D eigenvalue weighted by atomic mass is 10.0. The van der Waals surface area contributed by atoms with Crippen LogP contribution in [0.3, 0.4) is 0 Å². The zero-order chi connectivity index (χ0) is 18.1. The van der Waals surface area contributed by atoms with Gasteiger partial charge < -0.3 is 20.7 Å². The first-order chi connectivity index (χ1) is 12.0. The van der Waals surface area contributed by atoms with Crippen molar-refractivity contribution in [2.45, 2.75) is 19.0 Å². The predicted molar refractivity (Wildman–Crippen MR) is 100 cm³/mol. The number of amides is 1. The van der Waals surface area contributed by atoms with Crippen LogP contribution in [0.25, 0.3) is 0 Å². The lowest BCUT2D eigenvalue weighted by molar-refractivity contribution is -0.121. The van der Waals surface area contributed by atoms with E-state index in [0.29, 0.717) is 13.2 Å². The van der Waals surface area contributed by atoms with E-state index in [0.717, 1.165) is 23.4 Å². The molecule has 0 saturated carbocycles. The van der Waals surface area contributed by atoms with Gasteiger partial charge in [0.2, 0.25) is 5.91 Å². The summed E-state index contributed by atoms with van der Waals surface area (Å²) < 4.78 is 5.71. The number of likely N-dealkylation sites (N-methyl/N-ethyl adjacent to an activating group) is 1. The summed E-state index contributed by atoms with van der Waals surface area (Å²) in [6.07, 6.45) is 0.267. The molecule has 0 aliphatic rings. The van der Waals surface area contributed by atoms with E-state index >= 15 is 0 Å². The van der Waals surface area contributed by atoms with Gasteiger partial charge in [0.05, 0.1) is 0 Å². The fourth-order valence-corrected chi connectivity index (χ4v) is 2.38. The van der Waals surface area contributed by atoms with E-state index in [1.165, 1.54) is 0 Å². The molecule has 134 valence electrons. The van der Waals surface area contributed by atoms with Crippen molar-refractivity contribution in [1.29, 1.82) is 0 Å². The fraction of sp³-hybridized carbons (Fsp3) is 0.350. The van der Waals surface area contributed by atoms with E-state index in [4.69, 9.17) is 10.5 Å². The van der Waals surface area contributed by atoms with Crippen LogP contribution in [0.15, 0.2) is 54.6 Å². The molecule has 1 unspecified atom stereocenters. The number of carbonyl (C=O) groups excluding carboxylic acids is 1. The Morgan fingerprint density at radius 1 is 1.16 bits per heavy atom. The molecule has 2 rings (SSSR count). The van der Waals surface area contributed by atoms with Crippen LogP contribution in [0.5, 0.6) is 5.75 Å². The highest BCUT2D eigenvalue weighted by Crippen LogP contribution is 2.15. The Balaban J connectivity index is 1.79. The van der Waals surface area contributed by atoms with Crippen molar-refractivity contribution < 1.29 is 9.53 Å². The molecule has 0 heterocycles. The van der Waals surface area contributed by atoms with E-state index in [1.807, 2.05) is 68.7 Å². The van der Waals surface area contributed by atoms with Crippen LogP contribution in [0, 0.1) is 0 Å². The lowest BCUT2D eigenvalue weighted by Gasteiger charge is -2.13. The smallest absolute Gasteiger partial charge is 0.222 e. The molecule has 3 N–H and O–H groups in total. The molecule has 2 aromatic rings. The molecule has 0 spiro atoms. The third kappa shape index (κ3) is 6.95. The Labute approximate surface area is 149 Å². The van der Waals surface area contributed by atoms with Crippen LogP contribution in [-0.2, 0) is 11.3 Å². The van der Waals surface area contributed by atoms with Crippen LogP contribution >= 0.6 is 0 Å². The maximum absolute atomic E-state index is 12.1. The van der Waals surface area contributed by atoms with E-state index in [9.17, 15) is 4.79 Å². The number of benzene rings is 2. The van der Waals surface area contributed by atoms with Crippen molar-refractivity contribution in [2.75, 3.05) is 27.2 Å². The second-order valence-electron chi connectivity index (χ2n) is 6.30. The molecule has 2 aromatic carbocycles. The zero-order valence-corrected chi connectivity index (χ0v) is 14.9. The van der Waals surface area contributed by atoms with Crippen LogP contribution in [0.1, 0.15) is 23.6 Å². The van der Waals surface area contributed by atoms with Crippen LogP contribution in [-0.4, -0.2) is 38.1 Å². The third-order valence-corrected chi connectivity index (χ3v) is 3.83. The normalized spacial score (nSPS) is 12.0. The van der Waals surface area contributed by atoms with Crippen molar-refractivity contribution >= 4 is 5.91 Å². The first-order valence-corrected chi connectivity index (χ1v) is 8.48. The Bertz CT molecular complexity index is 659. The molecule has 0 bridgehead atoms. The Kier molecular flexibility index (Phi) is 7.44. The molecule has 0 aliphatic heterocycles. The molecular weight excluding hydrogens is 314 g/mol. The summed E-state index contributed by atoms with van der Waals surface area (Å²) in [6.45, 7) is 1.96. The zero-order valence-electron chi connectivity index (χ0n) is 14.9. The molecule has 0 aliphatic carbocycles. The molecule has 0 radical (unpaired) electrons. The SMILES string of the molecule is CN(C)CCOc1cccc(CNC(=O)CC(N)c2ccccc2)c1.